The van der Waals surface area contributed by atoms with Crippen LogP contribution >= 0.6 is 0 Å². The van der Waals surface area contributed by atoms with Gasteiger partial charge in [-0.2, -0.15) is 0 Å². The number of benzene rings is 1. The van der Waals surface area contributed by atoms with E-state index in [0.29, 0.717) is 6.04 Å². The fraction of sp³-hybridized carbons (Fsp3) is 0.471. The number of imidazole rings is 1. The zero-order chi connectivity index (χ0) is 14.5. The van der Waals surface area contributed by atoms with E-state index in [1.54, 1.807) is 12.1 Å². The highest BCUT2D eigenvalue weighted by molar-refractivity contribution is 5.28. The predicted molar refractivity (Wildman–Crippen MR) is 82.9 cm³/mol. The molecule has 1 aliphatic rings. The Kier molecular flexibility index (Phi) is 4.53. The van der Waals surface area contributed by atoms with E-state index in [4.69, 9.17) is 0 Å². The van der Waals surface area contributed by atoms with Crippen molar-refractivity contribution in [1.82, 2.24) is 9.55 Å². The third kappa shape index (κ3) is 3.63. The van der Waals surface area contributed by atoms with E-state index in [-0.39, 0.29) is 5.82 Å². The lowest BCUT2D eigenvalue weighted by Crippen LogP contribution is -2.16. The molecule has 3 nitrogen and oxygen atoms in total. The Hall–Kier alpha value is -1.84. The van der Waals surface area contributed by atoms with Crippen LogP contribution in [0.3, 0.4) is 0 Å². The first kappa shape index (κ1) is 14.1. The van der Waals surface area contributed by atoms with Crippen LogP contribution in [0.15, 0.2) is 36.7 Å². The number of nitrogens with zero attached hydrogens (tertiary/aromatic N) is 2. The van der Waals surface area contributed by atoms with Crippen LogP contribution in [0.4, 0.5) is 10.3 Å². The molecule has 0 atom stereocenters. The molecule has 1 aromatic carbocycles. The maximum absolute atomic E-state index is 13.1. The van der Waals surface area contributed by atoms with Gasteiger partial charge in [0.2, 0.25) is 5.95 Å². The first-order valence-corrected chi connectivity index (χ1v) is 7.84. The number of aromatic nitrogens is 2. The summed E-state index contributed by atoms with van der Waals surface area (Å²) in [6.45, 7) is 0.771. The molecule has 0 bridgehead atoms. The molecule has 1 saturated carbocycles. The van der Waals surface area contributed by atoms with Crippen molar-refractivity contribution in [3.63, 3.8) is 0 Å². The summed E-state index contributed by atoms with van der Waals surface area (Å²) in [4.78, 5) is 4.42. The van der Waals surface area contributed by atoms with Crippen molar-refractivity contribution in [2.45, 2.75) is 44.6 Å². The summed E-state index contributed by atoms with van der Waals surface area (Å²) in [5.74, 6) is 0.773. The summed E-state index contributed by atoms with van der Waals surface area (Å²) >= 11 is 0. The number of rotatable bonds is 5. The summed E-state index contributed by atoms with van der Waals surface area (Å²) in [5.41, 5.74) is 1.01. The third-order valence-corrected chi connectivity index (χ3v) is 4.22. The quantitative estimate of drug-likeness (QED) is 0.894. The van der Waals surface area contributed by atoms with Gasteiger partial charge in [0.25, 0.3) is 0 Å². The molecular weight excluding hydrogens is 265 g/mol. The van der Waals surface area contributed by atoms with Crippen LogP contribution in [0.1, 0.15) is 43.7 Å². The van der Waals surface area contributed by atoms with Gasteiger partial charge in [0.15, 0.2) is 0 Å². The second-order valence-corrected chi connectivity index (χ2v) is 5.76. The lowest BCUT2D eigenvalue weighted by molar-refractivity contribution is 0.356. The lowest BCUT2D eigenvalue weighted by Gasteiger charge is -2.24. The Morgan fingerprint density at radius 2 is 2.10 bits per heavy atom. The Morgan fingerprint density at radius 3 is 2.90 bits per heavy atom. The van der Waals surface area contributed by atoms with E-state index in [1.165, 1.54) is 38.2 Å². The molecular formula is C17H22FN3. The van der Waals surface area contributed by atoms with Crippen molar-refractivity contribution in [1.29, 1.82) is 0 Å². The van der Waals surface area contributed by atoms with Crippen LogP contribution in [0.25, 0.3) is 0 Å². The second kappa shape index (κ2) is 6.74. The highest BCUT2D eigenvalue weighted by Crippen LogP contribution is 2.30. The molecule has 0 aliphatic heterocycles. The fourth-order valence-corrected chi connectivity index (χ4v) is 3.11. The molecule has 1 aromatic heterocycles. The molecule has 0 radical (unpaired) electrons. The van der Waals surface area contributed by atoms with Gasteiger partial charge in [-0.3, -0.25) is 0 Å². The first-order valence-electron chi connectivity index (χ1n) is 7.84. The van der Waals surface area contributed by atoms with Crippen molar-refractivity contribution in [2.75, 3.05) is 11.9 Å². The molecule has 2 aromatic rings. The number of hydrogen-bond acceptors (Lipinski definition) is 2. The molecule has 1 aliphatic carbocycles. The Labute approximate surface area is 125 Å². The zero-order valence-electron chi connectivity index (χ0n) is 12.3. The molecule has 0 unspecified atom stereocenters. The minimum Gasteiger partial charge on any atom is -0.355 e. The highest BCUT2D eigenvalue weighted by Gasteiger charge is 2.17. The summed E-state index contributed by atoms with van der Waals surface area (Å²) in [7, 11) is 0. The average Bonchev–Trinajstić information content (AvgIpc) is 2.97. The van der Waals surface area contributed by atoms with Crippen molar-refractivity contribution in [3.8, 4) is 0 Å². The first-order chi connectivity index (χ1) is 10.3. The monoisotopic (exact) mass is 287 g/mol. The minimum absolute atomic E-state index is 0.170. The van der Waals surface area contributed by atoms with Crippen molar-refractivity contribution >= 4 is 5.95 Å². The van der Waals surface area contributed by atoms with E-state index in [1.807, 2.05) is 12.3 Å². The summed E-state index contributed by atoms with van der Waals surface area (Å²) in [6, 6.07) is 7.37. The van der Waals surface area contributed by atoms with Gasteiger partial charge in [0, 0.05) is 25.0 Å². The van der Waals surface area contributed by atoms with Crippen molar-refractivity contribution in [2.24, 2.45) is 0 Å². The molecule has 3 rings (SSSR count). The molecule has 112 valence electrons. The van der Waals surface area contributed by atoms with E-state index in [0.717, 1.165) is 24.5 Å². The Bertz CT molecular complexity index is 573. The van der Waals surface area contributed by atoms with Crippen LogP contribution in [-0.4, -0.2) is 16.1 Å². The maximum atomic E-state index is 13.1. The smallest absolute Gasteiger partial charge is 0.203 e. The van der Waals surface area contributed by atoms with Gasteiger partial charge < -0.3 is 9.88 Å². The topological polar surface area (TPSA) is 29.9 Å². The van der Waals surface area contributed by atoms with E-state index in [2.05, 4.69) is 21.1 Å². The van der Waals surface area contributed by atoms with Crippen LogP contribution in [0.2, 0.25) is 0 Å². The second-order valence-electron chi connectivity index (χ2n) is 5.76. The molecule has 0 amide bonds. The largest absolute Gasteiger partial charge is 0.355 e. The van der Waals surface area contributed by atoms with E-state index in [9.17, 15) is 4.39 Å². The average molecular weight is 287 g/mol. The van der Waals surface area contributed by atoms with Gasteiger partial charge in [-0.25, -0.2) is 9.37 Å². The van der Waals surface area contributed by atoms with Gasteiger partial charge in [0.1, 0.15) is 5.82 Å². The standard InChI is InChI=1S/C17H22FN3/c18-15-6-4-5-14(13-15)9-10-19-17-20-11-12-21(17)16-7-2-1-3-8-16/h4-6,11-13,16H,1-3,7-10H2,(H,19,20). The minimum atomic E-state index is -0.170. The molecule has 0 spiro atoms. The van der Waals surface area contributed by atoms with Crippen molar-refractivity contribution < 1.29 is 4.39 Å². The summed E-state index contributed by atoms with van der Waals surface area (Å²) in [5, 5.41) is 3.39. The van der Waals surface area contributed by atoms with E-state index >= 15 is 0 Å². The normalized spacial score (nSPS) is 16.0. The predicted octanol–water partition coefficient (Wildman–Crippen LogP) is 4.18. The summed E-state index contributed by atoms with van der Waals surface area (Å²) in [6.07, 6.45) is 11.2. The molecule has 1 fully saturated rings. The van der Waals surface area contributed by atoms with Crippen LogP contribution in [-0.2, 0) is 6.42 Å². The Balaban J connectivity index is 1.57. The van der Waals surface area contributed by atoms with Gasteiger partial charge >= 0.3 is 0 Å². The number of halogens is 1. The third-order valence-electron chi connectivity index (χ3n) is 4.22. The number of hydrogen-bond donors (Lipinski definition) is 1. The van der Waals surface area contributed by atoms with Gasteiger partial charge in [-0.1, -0.05) is 31.4 Å². The van der Waals surface area contributed by atoms with Crippen LogP contribution in [0.5, 0.6) is 0 Å². The molecule has 1 heterocycles. The SMILES string of the molecule is Fc1cccc(CCNc2nccn2C2CCCCC2)c1. The lowest BCUT2D eigenvalue weighted by atomic mass is 9.95. The Morgan fingerprint density at radius 1 is 1.24 bits per heavy atom. The highest BCUT2D eigenvalue weighted by atomic mass is 19.1. The fourth-order valence-electron chi connectivity index (χ4n) is 3.11. The molecule has 1 N–H and O–H groups in total. The number of nitrogens with one attached hydrogen (secondary N) is 1. The van der Waals surface area contributed by atoms with Crippen molar-refractivity contribution in [3.05, 3.63) is 48.0 Å². The van der Waals surface area contributed by atoms with Crippen LogP contribution < -0.4 is 5.32 Å². The van der Waals surface area contributed by atoms with Gasteiger partial charge in [-0.15, -0.1) is 0 Å². The van der Waals surface area contributed by atoms with E-state index < -0.39 is 0 Å². The summed E-state index contributed by atoms with van der Waals surface area (Å²) < 4.78 is 15.4. The molecule has 0 saturated heterocycles. The number of anilines is 1. The molecule has 4 heteroatoms. The van der Waals surface area contributed by atoms with Gasteiger partial charge in [0.05, 0.1) is 0 Å². The zero-order valence-corrected chi connectivity index (χ0v) is 12.3. The maximum Gasteiger partial charge on any atom is 0.203 e. The molecule has 21 heavy (non-hydrogen) atoms. The van der Waals surface area contributed by atoms with Crippen LogP contribution in [0, 0.1) is 5.82 Å². The van der Waals surface area contributed by atoms with Gasteiger partial charge in [-0.05, 0) is 37.0 Å².